The summed E-state index contributed by atoms with van der Waals surface area (Å²) in [6.45, 7) is 12.2. The second kappa shape index (κ2) is 19.4. The zero-order valence-corrected chi connectivity index (χ0v) is 37.1. The Morgan fingerprint density at radius 1 is 0.317 bits per heavy atom. The molecule has 0 spiro atoms. The Hall–Kier alpha value is -7.56. The number of aromatic nitrogens is 4. The summed E-state index contributed by atoms with van der Waals surface area (Å²) < 4.78 is 4.79. The van der Waals surface area contributed by atoms with Crippen LogP contribution in [0.25, 0.3) is 100 Å². The van der Waals surface area contributed by atoms with Crippen molar-refractivity contribution in [3.05, 3.63) is 206 Å². The summed E-state index contributed by atoms with van der Waals surface area (Å²) in [6.07, 6.45) is 1.25. The van der Waals surface area contributed by atoms with Crippen molar-refractivity contribution in [3.63, 3.8) is 0 Å². The average Bonchev–Trinajstić information content (AvgIpc) is 3.89. The van der Waals surface area contributed by atoms with Gasteiger partial charge in [0.2, 0.25) is 0 Å². The van der Waals surface area contributed by atoms with Gasteiger partial charge in [0, 0.05) is 49.6 Å². The van der Waals surface area contributed by atoms with Crippen LogP contribution in [0, 0.1) is 0 Å². The first-order valence-electron chi connectivity index (χ1n) is 22.4. The van der Waals surface area contributed by atoms with Crippen LogP contribution >= 0.6 is 0 Å². The molecule has 0 unspecified atom stereocenters. The molecular formula is C59H54N4. The summed E-state index contributed by atoms with van der Waals surface area (Å²) in [6, 6.07) is 73.3. The van der Waals surface area contributed by atoms with Gasteiger partial charge >= 0.3 is 0 Å². The van der Waals surface area contributed by atoms with Gasteiger partial charge in [0.05, 0.1) is 33.5 Å². The van der Waals surface area contributed by atoms with Crippen LogP contribution in [0.3, 0.4) is 0 Å². The topological polar surface area (TPSA) is 35.6 Å². The highest BCUT2D eigenvalue weighted by molar-refractivity contribution is 6.10. The maximum Gasteiger partial charge on any atom is 0.160 e. The van der Waals surface area contributed by atoms with Crippen LogP contribution < -0.4 is 0 Å². The van der Waals surface area contributed by atoms with Crippen LogP contribution in [0.1, 0.15) is 48.0 Å². The third kappa shape index (κ3) is 8.28. The van der Waals surface area contributed by atoms with Crippen LogP contribution in [-0.4, -0.2) is 19.1 Å². The molecule has 0 saturated carbocycles. The van der Waals surface area contributed by atoms with Gasteiger partial charge < -0.3 is 9.13 Å². The van der Waals surface area contributed by atoms with E-state index in [0.717, 1.165) is 61.5 Å². The molecule has 0 N–H and O–H groups in total. The minimum Gasteiger partial charge on any atom is -0.309 e. The number of nitrogens with zero attached hydrogens (tertiary/aromatic N) is 4. The van der Waals surface area contributed by atoms with Crippen molar-refractivity contribution >= 4 is 43.6 Å². The predicted molar refractivity (Wildman–Crippen MR) is 271 cm³/mol. The minimum atomic E-state index is 0.686. The number of hydrogen-bond acceptors (Lipinski definition) is 2. The van der Waals surface area contributed by atoms with Crippen molar-refractivity contribution in [2.45, 2.75) is 48.0 Å². The Balaban J connectivity index is 0.000000738. The molecule has 310 valence electrons. The summed E-state index contributed by atoms with van der Waals surface area (Å²) in [4.78, 5) is 10.5. The molecule has 0 aliphatic carbocycles. The molecule has 11 aromatic rings. The number of fused-ring (bicyclic) bond motifs is 6. The molecule has 0 aliphatic rings. The van der Waals surface area contributed by atoms with Gasteiger partial charge in [-0.25, -0.2) is 9.97 Å². The normalized spacial score (nSPS) is 10.8. The largest absolute Gasteiger partial charge is 0.309 e. The lowest BCUT2D eigenvalue weighted by molar-refractivity contribution is 1.09. The van der Waals surface area contributed by atoms with Gasteiger partial charge in [-0.15, -0.1) is 0 Å². The highest BCUT2D eigenvalue weighted by Crippen LogP contribution is 2.38. The molecule has 3 aromatic heterocycles. The van der Waals surface area contributed by atoms with E-state index in [1.165, 1.54) is 39.1 Å². The van der Waals surface area contributed by atoms with Gasteiger partial charge in [-0.2, -0.15) is 0 Å². The Morgan fingerprint density at radius 2 is 0.635 bits per heavy atom. The molecule has 0 amide bonds. The standard InChI is InChI=1S/C52H34N4.C3H8.2C2H6/c1-3-15-35(16-4-1)36-27-29-37(30-28-36)46-34-47(54-52(53-46)38-17-5-2-6-18-38)39-31-40(55-48-23-11-7-19-42(48)43-20-8-12-24-49(43)55)33-41(32-39)56-50-25-13-9-21-44(50)45-22-10-14-26-51(45)56;1-3-2;2*1-2/h1-34H;3H2,1-2H3;2*1-2H3. The predicted octanol–water partition coefficient (Wildman–Crippen LogP) is 16.8. The van der Waals surface area contributed by atoms with Gasteiger partial charge in [-0.05, 0) is 59.7 Å². The van der Waals surface area contributed by atoms with Crippen molar-refractivity contribution in [1.29, 1.82) is 0 Å². The number of rotatable bonds is 6. The molecule has 4 heteroatoms. The van der Waals surface area contributed by atoms with E-state index >= 15 is 0 Å². The summed E-state index contributed by atoms with van der Waals surface area (Å²) >= 11 is 0. The lowest BCUT2D eigenvalue weighted by atomic mass is 10.0. The summed E-state index contributed by atoms with van der Waals surface area (Å²) in [5.41, 5.74) is 13.8. The quantitative estimate of drug-likeness (QED) is 0.168. The minimum absolute atomic E-state index is 0.686. The van der Waals surface area contributed by atoms with E-state index in [4.69, 9.17) is 9.97 Å². The molecule has 0 fully saturated rings. The Kier molecular flexibility index (Phi) is 13.0. The van der Waals surface area contributed by atoms with E-state index in [9.17, 15) is 0 Å². The lowest BCUT2D eigenvalue weighted by Gasteiger charge is -2.16. The van der Waals surface area contributed by atoms with Crippen LogP contribution in [0.4, 0.5) is 0 Å². The van der Waals surface area contributed by atoms with Crippen LogP contribution in [0.2, 0.25) is 0 Å². The van der Waals surface area contributed by atoms with Gasteiger partial charge in [0.1, 0.15) is 0 Å². The van der Waals surface area contributed by atoms with Gasteiger partial charge in [-0.3, -0.25) is 0 Å². The Bertz CT molecular complexity index is 3010. The second-order valence-corrected chi connectivity index (χ2v) is 15.0. The fraction of sp³-hybridized carbons (Fsp3) is 0.119. The first-order chi connectivity index (χ1) is 31.2. The van der Waals surface area contributed by atoms with Gasteiger partial charge in [-0.1, -0.05) is 206 Å². The van der Waals surface area contributed by atoms with Crippen molar-refractivity contribution in [2.75, 3.05) is 0 Å². The van der Waals surface area contributed by atoms with Crippen LogP contribution in [-0.2, 0) is 0 Å². The first-order valence-corrected chi connectivity index (χ1v) is 22.4. The molecule has 0 bridgehead atoms. The summed E-state index contributed by atoms with van der Waals surface area (Å²) in [5, 5.41) is 4.89. The third-order valence-corrected chi connectivity index (χ3v) is 10.9. The molecular weight excluding hydrogens is 765 g/mol. The molecule has 0 radical (unpaired) electrons. The van der Waals surface area contributed by atoms with E-state index in [-0.39, 0.29) is 0 Å². The molecule has 3 heterocycles. The highest BCUT2D eigenvalue weighted by atomic mass is 15.0. The molecule has 0 atom stereocenters. The zero-order chi connectivity index (χ0) is 43.7. The molecule has 11 rings (SSSR count). The van der Waals surface area contributed by atoms with Gasteiger partial charge in [0.15, 0.2) is 5.82 Å². The lowest BCUT2D eigenvalue weighted by Crippen LogP contribution is -2.01. The van der Waals surface area contributed by atoms with E-state index in [1.807, 2.05) is 52.0 Å². The average molecular weight is 819 g/mol. The molecule has 0 aliphatic heterocycles. The van der Waals surface area contributed by atoms with Gasteiger partial charge in [0.25, 0.3) is 0 Å². The third-order valence-electron chi connectivity index (χ3n) is 10.9. The van der Waals surface area contributed by atoms with Crippen molar-refractivity contribution in [1.82, 2.24) is 19.1 Å². The van der Waals surface area contributed by atoms with Crippen LogP contribution in [0.15, 0.2) is 206 Å². The smallest absolute Gasteiger partial charge is 0.160 e. The first kappa shape index (κ1) is 42.1. The van der Waals surface area contributed by atoms with Crippen molar-refractivity contribution in [3.8, 4) is 56.4 Å². The highest BCUT2D eigenvalue weighted by Gasteiger charge is 2.19. The molecule has 8 aromatic carbocycles. The maximum absolute atomic E-state index is 5.33. The van der Waals surface area contributed by atoms with E-state index in [1.54, 1.807) is 0 Å². The van der Waals surface area contributed by atoms with E-state index in [2.05, 4.69) is 205 Å². The Morgan fingerprint density at radius 3 is 1.05 bits per heavy atom. The summed E-state index contributed by atoms with van der Waals surface area (Å²) in [7, 11) is 0. The molecule has 63 heavy (non-hydrogen) atoms. The zero-order valence-electron chi connectivity index (χ0n) is 37.1. The fourth-order valence-electron chi connectivity index (χ4n) is 8.33. The van der Waals surface area contributed by atoms with Crippen molar-refractivity contribution < 1.29 is 0 Å². The second-order valence-electron chi connectivity index (χ2n) is 15.0. The number of benzene rings is 8. The number of para-hydroxylation sites is 4. The maximum atomic E-state index is 5.33. The Labute approximate surface area is 371 Å². The SMILES string of the molecule is CC.CC.CCC.c1ccc(-c2ccc(-c3cc(-c4cc(-n5c6ccccc6c6ccccc65)cc(-n5c6ccccc6c6ccccc65)c4)nc(-c4ccccc4)n3)cc2)cc1. The van der Waals surface area contributed by atoms with Crippen molar-refractivity contribution in [2.24, 2.45) is 0 Å². The number of hydrogen-bond donors (Lipinski definition) is 0. The molecule has 0 saturated heterocycles. The van der Waals surface area contributed by atoms with E-state index < -0.39 is 0 Å². The van der Waals surface area contributed by atoms with Crippen LogP contribution in [0.5, 0.6) is 0 Å². The fourth-order valence-corrected chi connectivity index (χ4v) is 8.33. The molecule has 4 nitrogen and oxygen atoms in total. The van der Waals surface area contributed by atoms with E-state index in [0.29, 0.717) is 5.82 Å². The monoisotopic (exact) mass is 818 g/mol. The summed E-state index contributed by atoms with van der Waals surface area (Å²) in [5.74, 6) is 0.686.